The highest BCUT2D eigenvalue weighted by Gasteiger charge is 2.15. The highest BCUT2D eigenvalue weighted by atomic mass is 16.2. The van der Waals surface area contributed by atoms with Crippen LogP contribution in [0.5, 0.6) is 0 Å². The van der Waals surface area contributed by atoms with Gasteiger partial charge in [0, 0.05) is 18.7 Å². The molecule has 0 aliphatic rings. The second-order valence-electron chi connectivity index (χ2n) is 9.29. The van der Waals surface area contributed by atoms with Gasteiger partial charge in [0.05, 0.1) is 0 Å². The summed E-state index contributed by atoms with van der Waals surface area (Å²) < 4.78 is 0. The Morgan fingerprint density at radius 1 is 0.581 bits per heavy atom. The van der Waals surface area contributed by atoms with Crippen molar-refractivity contribution in [2.24, 2.45) is 0 Å². The molecule has 0 N–H and O–H groups in total. The van der Waals surface area contributed by atoms with Gasteiger partial charge in [0.25, 0.3) is 5.91 Å². The van der Waals surface area contributed by atoms with Crippen molar-refractivity contribution in [1.29, 1.82) is 0 Å². The average molecular weight is 430 g/mol. The topological polar surface area (TPSA) is 20.3 Å². The number of hydrogen-bond acceptors (Lipinski definition) is 1. The van der Waals surface area contributed by atoms with Crippen LogP contribution >= 0.6 is 0 Å². The van der Waals surface area contributed by atoms with Gasteiger partial charge in [-0.1, -0.05) is 123 Å². The van der Waals surface area contributed by atoms with Gasteiger partial charge in [-0.3, -0.25) is 4.79 Å². The first-order valence-electron chi connectivity index (χ1n) is 13.6. The molecule has 2 nitrogen and oxygen atoms in total. The first kappa shape index (κ1) is 27.7. The number of rotatable bonds is 20. The number of carbonyl (C=O) groups is 1. The van der Waals surface area contributed by atoms with E-state index in [2.05, 4.69) is 37.8 Å². The monoisotopic (exact) mass is 429 g/mol. The molecule has 31 heavy (non-hydrogen) atoms. The van der Waals surface area contributed by atoms with Crippen molar-refractivity contribution < 1.29 is 4.79 Å². The molecule has 2 heteroatoms. The molecule has 0 heterocycles. The molecule has 0 saturated carbocycles. The Hall–Kier alpha value is -1.31. The van der Waals surface area contributed by atoms with Gasteiger partial charge in [0.2, 0.25) is 0 Å². The van der Waals surface area contributed by atoms with Crippen LogP contribution in [0.15, 0.2) is 24.3 Å². The lowest BCUT2D eigenvalue weighted by Gasteiger charge is -2.23. The zero-order valence-electron chi connectivity index (χ0n) is 21.1. The molecule has 178 valence electrons. The third-order valence-electron chi connectivity index (χ3n) is 6.46. The van der Waals surface area contributed by atoms with Gasteiger partial charge in [-0.15, -0.1) is 0 Å². The predicted molar refractivity (Wildman–Crippen MR) is 137 cm³/mol. The van der Waals surface area contributed by atoms with Gasteiger partial charge in [0.15, 0.2) is 0 Å². The summed E-state index contributed by atoms with van der Waals surface area (Å²) in [6.45, 7) is 8.54. The van der Waals surface area contributed by atoms with Crippen LogP contribution in [0.25, 0.3) is 0 Å². The van der Waals surface area contributed by atoms with Crippen LogP contribution in [0.2, 0.25) is 0 Å². The summed E-state index contributed by atoms with van der Waals surface area (Å²) in [7, 11) is 0. The van der Waals surface area contributed by atoms with Gasteiger partial charge in [-0.05, 0) is 37.0 Å². The quantitative estimate of drug-likeness (QED) is 0.189. The molecular weight excluding hydrogens is 378 g/mol. The molecule has 0 unspecified atom stereocenters. The fourth-order valence-corrected chi connectivity index (χ4v) is 4.25. The van der Waals surface area contributed by atoms with E-state index in [1.54, 1.807) is 0 Å². The van der Waals surface area contributed by atoms with E-state index in [0.29, 0.717) is 0 Å². The lowest BCUT2D eigenvalue weighted by molar-refractivity contribution is 0.0749. The molecule has 0 saturated heterocycles. The van der Waals surface area contributed by atoms with Gasteiger partial charge >= 0.3 is 0 Å². The first-order chi connectivity index (χ1) is 15.2. The fourth-order valence-electron chi connectivity index (χ4n) is 4.25. The summed E-state index contributed by atoms with van der Waals surface area (Å²) in [6.07, 6.45) is 22.0. The Balaban J connectivity index is 2.40. The molecule has 0 radical (unpaired) electrons. The predicted octanol–water partition coefficient (Wildman–Crippen LogP) is 8.97. The largest absolute Gasteiger partial charge is 0.339 e. The van der Waals surface area contributed by atoms with Gasteiger partial charge in [-0.2, -0.15) is 0 Å². The number of unbranched alkanes of at least 4 members (excludes halogenated alkanes) is 14. The molecule has 0 spiro atoms. The summed E-state index contributed by atoms with van der Waals surface area (Å²) in [5.74, 6) is 0.230. The molecule has 1 rings (SSSR count). The van der Waals surface area contributed by atoms with Crippen LogP contribution < -0.4 is 0 Å². The minimum atomic E-state index is 0.230. The van der Waals surface area contributed by atoms with Crippen molar-refractivity contribution in [3.63, 3.8) is 0 Å². The minimum absolute atomic E-state index is 0.230. The number of nitrogens with zero attached hydrogens (tertiary/aromatic N) is 1. The van der Waals surface area contributed by atoms with Crippen LogP contribution in [0.4, 0.5) is 0 Å². The lowest BCUT2D eigenvalue weighted by atomic mass is 10.1. The number of benzene rings is 1. The maximum absolute atomic E-state index is 13.1. The smallest absolute Gasteiger partial charge is 0.253 e. The van der Waals surface area contributed by atoms with Crippen molar-refractivity contribution in [2.75, 3.05) is 13.1 Å². The van der Waals surface area contributed by atoms with Crippen molar-refractivity contribution in [3.05, 3.63) is 35.4 Å². The molecule has 1 amide bonds. The Kier molecular flexibility index (Phi) is 17.3. The zero-order chi connectivity index (χ0) is 22.6. The summed E-state index contributed by atoms with van der Waals surface area (Å²) in [5, 5.41) is 0. The molecule has 0 aromatic heterocycles. The van der Waals surface area contributed by atoms with E-state index in [0.717, 1.165) is 37.9 Å². The third kappa shape index (κ3) is 13.7. The van der Waals surface area contributed by atoms with Crippen LogP contribution in [0, 0.1) is 0 Å². The van der Waals surface area contributed by atoms with E-state index < -0.39 is 0 Å². The number of hydrogen-bond donors (Lipinski definition) is 0. The Morgan fingerprint density at radius 2 is 0.968 bits per heavy atom. The second kappa shape index (κ2) is 19.4. The summed E-state index contributed by atoms with van der Waals surface area (Å²) in [4.78, 5) is 15.3. The molecule has 0 bridgehead atoms. The molecule has 0 fully saturated rings. The van der Waals surface area contributed by atoms with Crippen molar-refractivity contribution >= 4 is 5.91 Å². The zero-order valence-corrected chi connectivity index (χ0v) is 21.1. The first-order valence-corrected chi connectivity index (χ1v) is 13.6. The number of aryl methyl sites for hydroxylation is 1. The van der Waals surface area contributed by atoms with Crippen LogP contribution in [-0.4, -0.2) is 23.9 Å². The Labute approximate surface area is 194 Å². The maximum Gasteiger partial charge on any atom is 0.253 e. The summed E-state index contributed by atoms with van der Waals surface area (Å²) >= 11 is 0. The summed E-state index contributed by atoms with van der Waals surface area (Å²) in [6, 6.07) is 8.27. The fraction of sp³-hybridized carbons (Fsp3) is 0.759. The van der Waals surface area contributed by atoms with Gasteiger partial charge in [-0.25, -0.2) is 0 Å². The van der Waals surface area contributed by atoms with E-state index in [-0.39, 0.29) is 5.91 Å². The molecular formula is C29H51NO. The molecule has 0 aliphatic carbocycles. The lowest BCUT2D eigenvalue weighted by Crippen LogP contribution is -2.33. The van der Waals surface area contributed by atoms with E-state index in [1.165, 1.54) is 95.5 Å². The van der Waals surface area contributed by atoms with E-state index in [4.69, 9.17) is 0 Å². The number of amides is 1. The molecule has 1 aromatic carbocycles. The third-order valence-corrected chi connectivity index (χ3v) is 6.46. The highest BCUT2D eigenvalue weighted by molar-refractivity contribution is 5.94. The van der Waals surface area contributed by atoms with Crippen molar-refractivity contribution in [2.45, 2.75) is 130 Å². The van der Waals surface area contributed by atoms with Crippen molar-refractivity contribution in [3.8, 4) is 0 Å². The normalized spacial score (nSPS) is 11.1. The maximum atomic E-state index is 13.1. The SMILES string of the molecule is CCCCCCCCCCN(CCCCCCCCCC)C(=O)c1ccc(CC)cc1. The second-order valence-corrected chi connectivity index (χ2v) is 9.29. The van der Waals surface area contributed by atoms with Gasteiger partial charge in [0.1, 0.15) is 0 Å². The van der Waals surface area contributed by atoms with Crippen LogP contribution in [-0.2, 0) is 6.42 Å². The van der Waals surface area contributed by atoms with Gasteiger partial charge < -0.3 is 4.90 Å². The average Bonchev–Trinajstić information content (AvgIpc) is 2.80. The standard InChI is InChI=1S/C29H51NO/c1-4-7-9-11-13-15-17-19-25-30(26-20-18-16-14-12-10-8-5-2)29(31)28-23-21-27(6-3)22-24-28/h21-24H,4-20,25-26H2,1-3H3. The van der Waals surface area contributed by atoms with E-state index in [9.17, 15) is 4.79 Å². The minimum Gasteiger partial charge on any atom is -0.339 e. The van der Waals surface area contributed by atoms with E-state index >= 15 is 0 Å². The van der Waals surface area contributed by atoms with Crippen LogP contribution in [0.1, 0.15) is 139 Å². The van der Waals surface area contributed by atoms with Crippen LogP contribution in [0.3, 0.4) is 0 Å². The molecule has 0 aliphatic heterocycles. The highest BCUT2D eigenvalue weighted by Crippen LogP contribution is 2.14. The molecule has 0 atom stereocenters. The van der Waals surface area contributed by atoms with E-state index in [1.807, 2.05) is 12.1 Å². The Bertz CT molecular complexity index is 516. The summed E-state index contributed by atoms with van der Waals surface area (Å²) in [5.41, 5.74) is 2.16. The number of carbonyl (C=O) groups excluding carboxylic acids is 1. The molecule has 1 aromatic rings. The Morgan fingerprint density at radius 3 is 1.35 bits per heavy atom. The van der Waals surface area contributed by atoms with Crippen molar-refractivity contribution in [1.82, 2.24) is 4.90 Å².